The monoisotopic (exact) mass is 731 g/mol. The van der Waals surface area contributed by atoms with Crippen LogP contribution in [0.5, 0.6) is 5.88 Å². The smallest absolute Gasteiger partial charge is 0.280 e. The number of likely N-dealkylation sites (N-methyl/N-ethyl adjacent to an activating group) is 1. The second kappa shape index (κ2) is 16.8. The van der Waals surface area contributed by atoms with Crippen LogP contribution in [-0.2, 0) is 24.2 Å². The van der Waals surface area contributed by atoms with Gasteiger partial charge in [-0.2, -0.15) is 0 Å². The van der Waals surface area contributed by atoms with Crippen LogP contribution in [0.1, 0.15) is 18.4 Å². The molecule has 0 unspecified atom stereocenters. The number of alkyl halides is 1. The molecule has 0 saturated heterocycles. The van der Waals surface area contributed by atoms with Crippen molar-refractivity contribution < 1.29 is 32.6 Å². The van der Waals surface area contributed by atoms with Crippen molar-refractivity contribution in [2.75, 3.05) is 58.6 Å². The predicted octanol–water partition coefficient (Wildman–Crippen LogP) is 3.46. The second-order valence-electron chi connectivity index (χ2n) is 9.15. The van der Waals surface area contributed by atoms with E-state index in [4.69, 9.17) is 14.3 Å². The number of aromatic nitrogens is 2. The molecule has 0 aliphatic rings. The Hall–Kier alpha value is -2.70. The van der Waals surface area contributed by atoms with Crippen LogP contribution in [0.2, 0.25) is 0 Å². The fraction of sp³-hybridized carbons (Fsp3) is 0.407. The molecule has 15 heteroatoms. The Kier molecular flexibility index (Phi) is 13.5. The molecular weight excluding hydrogens is 697 g/mol. The number of hydrogen-bond donors (Lipinski definition) is 2. The zero-order valence-electron chi connectivity index (χ0n) is 23.5. The summed E-state index contributed by atoms with van der Waals surface area (Å²) in [5.41, 5.74) is 0.910. The number of benzene rings is 1. The summed E-state index contributed by atoms with van der Waals surface area (Å²) in [6.45, 7) is 1.47. The van der Waals surface area contributed by atoms with Crippen molar-refractivity contribution in [3.8, 4) is 16.5 Å². The summed E-state index contributed by atoms with van der Waals surface area (Å²) in [4.78, 5) is 30.5. The van der Waals surface area contributed by atoms with Gasteiger partial charge in [0.15, 0.2) is 24.8 Å². The van der Waals surface area contributed by atoms with E-state index in [0.29, 0.717) is 48.3 Å². The van der Waals surface area contributed by atoms with Crippen LogP contribution in [0.25, 0.3) is 10.6 Å². The lowest BCUT2D eigenvalue weighted by Crippen LogP contribution is -2.25. The summed E-state index contributed by atoms with van der Waals surface area (Å²) < 4.78 is 35.4. The number of thiazole rings is 1. The third kappa shape index (κ3) is 10.5. The summed E-state index contributed by atoms with van der Waals surface area (Å²) >= 11 is 3.18. The van der Waals surface area contributed by atoms with Crippen molar-refractivity contribution in [1.29, 1.82) is 0 Å². The SMILES string of the molecule is COCCCS(=O)(=O)c1ccc(/C(=N\O[C@@H](I)CCO)C(=O)Nc2ncc(-c3cccc(OCCN(C)C)n3)s2)cc1. The van der Waals surface area contributed by atoms with Crippen LogP contribution in [0.15, 0.2) is 58.7 Å². The zero-order chi connectivity index (χ0) is 30.5. The molecule has 0 aliphatic carbocycles. The Morgan fingerprint density at radius 1 is 1.19 bits per heavy atom. The molecule has 0 saturated carbocycles. The van der Waals surface area contributed by atoms with E-state index in [2.05, 4.69) is 20.4 Å². The van der Waals surface area contributed by atoms with Gasteiger partial charge in [-0.15, -0.1) is 0 Å². The standard InChI is InChI=1S/C27H34IN5O7S2/c1-33(2)13-16-39-24-7-4-6-21(30-24)22-18-29-27(41-22)31-26(35)25(32-40-23(28)12-14-34)19-8-10-20(11-9-19)42(36,37)17-5-15-38-3/h4,6-11,18,23,34H,5,12-17H2,1-3H3,(H,29,31,35)/b32-25+/t23-/m1/s1. The van der Waals surface area contributed by atoms with Crippen molar-refractivity contribution in [2.45, 2.75) is 21.8 Å². The molecule has 3 aromatic rings. The minimum atomic E-state index is -3.52. The number of nitrogens with zero attached hydrogens (tertiary/aromatic N) is 4. The number of ether oxygens (including phenoxy) is 2. The Balaban J connectivity index is 1.78. The molecule has 228 valence electrons. The van der Waals surface area contributed by atoms with Crippen LogP contribution in [0, 0.1) is 0 Å². The van der Waals surface area contributed by atoms with Gasteiger partial charge in [-0.1, -0.05) is 34.7 Å². The highest BCUT2D eigenvalue weighted by Gasteiger charge is 2.21. The number of rotatable bonds is 17. The lowest BCUT2D eigenvalue weighted by Gasteiger charge is -2.11. The molecule has 12 nitrogen and oxygen atoms in total. The van der Waals surface area contributed by atoms with Gasteiger partial charge in [-0.05, 0) is 61.3 Å². The van der Waals surface area contributed by atoms with Crippen LogP contribution in [-0.4, -0.2) is 97.4 Å². The summed E-state index contributed by atoms with van der Waals surface area (Å²) in [5.74, 6) is -0.178. The lowest BCUT2D eigenvalue weighted by atomic mass is 10.1. The molecule has 1 atom stereocenters. The summed E-state index contributed by atoms with van der Waals surface area (Å²) in [5, 5.41) is 16.3. The molecule has 1 aromatic carbocycles. The van der Waals surface area contributed by atoms with Gasteiger partial charge >= 0.3 is 0 Å². The van der Waals surface area contributed by atoms with Crippen LogP contribution >= 0.6 is 33.9 Å². The molecule has 42 heavy (non-hydrogen) atoms. The van der Waals surface area contributed by atoms with E-state index in [1.54, 1.807) is 12.3 Å². The number of halogens is 1. The number of methoxy groups -OCH3 is 1. The van der Waals surface area contributed by atoms with Gasteiger partial charge in [0.05, 0.1) is 21.2 Å². The largest absolute Gasteiger partial charge is 0.476 e. The fourth-order valence-electron chi connectivity index (χ4n) is 3.39. The predicted molar refractivity (Wildman–Crippen MR) is 170 cm³/mol. The van der Waals surface area contributed by atoms with Gasteiger partial charge in [0.2, 0.25) is 5.88 Å². The first-order valence-corrected chi connectivity index (χ1v) is 16.7. The van der Waals surface area contributed by atoms with Crippen molar-refractivity contribution in [1.82, 2.24) is 14.9 Å². The molecular formula is C27H34IN5O7S2. The second-order valence-corrected chi connectivity index (χ2v) is 13.7. The van der Waals surface area contributed by atoms with Crippen LogP contribution in [0.4, 0.5) is 5.13 Å². The Morgan fingerprint density at radius 2 is 1.95 bits per heavy atom. The van der Waals surface area contributed by atoms with Gasteiger partial charge in [-0.3, -0.25) is 10.1 Å². The molecule has 3 rings (SSSR count). The van der Waals surface area contributed by atoms with Crippen molar-refractivity contribution in [3.05, 3.63) is 54.2 Å². The number of carbonyl (C=O) groups excluding carboxylic acids is 1. The number of aliphatic hydroxyl groups is 1. The number of carbonyl (C=O) groups is 1. The topological polar surface area (TPSA) is 153 Å². The highest BCUT2D eigenvalue weighted by Crippen LogP contribution is 2.29. The average molecular weight is 732 g/mol. The number of oxime groups is 1. The molecule has 1 amide bonds. The first-order chi connectivity index (χ1) is 20.1. The normalized spacial score (nSPS) is 12.8. The van der Waals surface area contributed by atoms with Crippen molar-refractivity contribution in [2.24, 2.45) is 5.16 Å². The Bertz CT molecular complexity index is 1430. The summed E-state index contributed by atoms with van der Waals surface area (Å²) in [7, 11) is 1.92. The molecule has 0 bridgehead atoms. The van der Waals surface area contributed by atoms with Gasteiger partial charge in [0.1, 0.15) is 6.61 Å². The molecule has 0 radical (unpaired) electrons. The van der Waals surface area contributed by atoms with E-state index in [-0.39, 0.29) is 23.0 Å². The van der Waals surface area contributed by atoms with Crippen molar-refractivity contribution in [3.63, 3.8) is 0 Å². The summed E-state index contributed by atoms with van der Waals surface area (Å²) in [6.07, 6.45) is 2.27. The van der Waals surface area contributed by atoms with Gasteiger partial charge in [-0.25, -0.2) is 18.4 Å². The first-order valence-electron chi connectivity index (χ1n) is 13.0. The molecule has 2 heterocycles. The third-order valence-corrected chi connectivity index (χ3v) is 9.17. The van der Waals surface area contributed by atoms with Gasteiger partial charge in [0.25, 0.3) is 5.91 Å². The zero-order valence-corrected chi connectivity index (χ0v) is 27.3. The van der Waals surface area contributed by atoms with E-state index in [1.807, 2.05) is 53.7 Å². The average Bonchev–Trinajstić information content (AvgIpc) is 3.42. The van der Waals surface area contributed by atoms with Crippen molar-refractivity contribution >= 4 is 60.5 Å². The number of amides is 1. The number of anilines is 1. The van der Waals surface area contributed by atoms with E-state index >= 15 is 0 Å². The fourth-order valence-corrected chi connectivity index (χ4v) is 5.85. The van der Waals surface area contributed by atoms with E-state index in [1.165, 1.54) is 42.7 Å². The molecule has 0 spiro atoms. The Labute approximate surface area is 263 Å². The number of nitrogens with one attached hydrogen (secondary N) is 1. The van der Waals surface area contributed by atoms with E-state index < -0.39 is 19.9 Å². The molecule has 0 aliphatic heterocycles. The highest BCUT2D eigenvalue weighted by atomic mass is 127. The highest BCUT2D eigenvalue weighted by molar-refractivity contribution is 14.1. The third-order valence-electron chi connectivity index (χ3n) is 5.57. The van der Waals surface area contributed by atoms with E-state index in [9.17, 15) is 18.3 Å². The van der Waals surface area contributed by atoms with Gasteiger partial charge in [0, 0.05) is 51.1 Å². The Morgan fingerprint density at radius 3 is 2.64 bits per heavy atom. The number of aliphatic hydroxyl groups excluding tert-OH is 1. The molecule has 2 aromatic heterocycles. The lowest BCUT2D eigenvalue weighted by molar-refractivity contribution is -0.110. The quantitative estimate of drug-likeness (QED) is 0.0695. The maximum Gasteiger partial charge on any atom is 0.280 e. The van der Waals surface area contributed by atoms with Gasteiger partial charge < -0.3 is 24.3 Å². The number of sulfone groups is 1. The molecule has 0 fully saturated rings. The minimum Gasteiger partial charge on any atom is -0.476 e. The number of pyridine rings is 1. The van der Waals surface area contributed by atoms with Crippen LogP contribution in [0.3, 0.4) is 0 Å². The minimum absolute atomic E-state index is 0.0608. The maximum absolute atomic E-state index is 13.3. The van der Waals surface area contributed by atoms with Crippen LogP contribution < -0.4 is 10.1 Å². The maximum atomic E-state index is 13.3. The summed E-state index contributed by atoms with van der Waals surface area (Å²) in [6, 6.07) is 11.3. The van der Waals surface area contributed by atoms with E-state index in [0.717, 1.165) is 11.4 Å². The first kappa shape index (κ1) is 33.8. The number of hydrogen-bond acceptors (Lipinski definition) is 12. The molecule has 2 N–H and O–H groups in total.